The van der Waals surface area contributed by atoms with Gasteiger partial charge in [0.1, 0.15) is 0 Å². The summed E-state index contributed by atoms with van der Waals surface area (Å²) in [6.07, 6.45) is 2.26. The van der Waals surface area contributed by atoms with Gasteiger partial charge >= 0.3 is 0 Å². The second-order valence-electron chi connectivity index (χ2n) is 4.64. The molecule has 2 rings (SSSR count). The van der Waals surface area contributed by atoms with Gasteiger partial charge in [-0.05, 0) is 31.0 Å². The predicted molar refractivity (Wildman–Crippen MR) is 78.8 cm³/mol. The van der Waals surface area contributed by atoms with E-state index in [1.54, 1.807) is 12.1 Å². The molecule has 0 aliphatic heterocycles. The van der Waals surface area contributed by atoms with Crippen molar-refractivity contribution >= 4 is 34.8 Å². The molecular weight excluding hydrogens is 280 g/mol. The Kier molecular flexibility index (Phi) is 4.81. The number of rotatable bonds is 6. The lowest BCUT2D eigenvalue weighted by molar-refractivity contribution is -0.123. The molecule has 108 valence electrons. The van der Waals surface area contributed by atoms with Gasteiger partial charge < -0.3 is 21.7 Å². The third-order valence-corrected chi connectivity index (χ3v) is 3.06. The summed E-state index contributed by atoms with van der Waals surface area (Å²) in [5.74, 6) is -0.699. The van der Waals surface area contributed by atoms with Crippen molar-refractivity contribution < 1.29 is 9.59 Å². The van der Waals surface area contributed by atoms with Crippen LogP contribution in [0.4, 0.5) is 11.4 Å². The molecule has 1 aromatic rings. The molecule has 20 heavy (non-hydrogen) atoms. The molecule has 5 N–H and O–H groups in total. The van der Waals surface area contributed by atoms with E-state index in [4.69, 9.17) is 17.3 Å². The fraction of sp³-hybridized carbons (Fsp3) is 0.385. The molecule has 1 aromatic carbocycles. The van der Waals surface area contributed by atoms with Crippen LogP contribution in [0.3, 0.4) is 0 Å². The molecule has 1 saturated carbocycles. The fourth-order valence-corrected chi connectivity index (χ4v) is 1.81. The molecule has 0 radical (unpaired) electrons. The normalized spacial score (nSPS) is 13.7. The van der Waals surface area contributed by atoms with E-state index in [1.165, 1.54) is 0 Å². The zero-order chi connectivity index (χ0) is 14.5. The zero-order valence-electron chi connectivity index (χ0n) is 10.9. The number of nitrogens with two attached hydrogens (primary N) is 1. The number of hydrogen-bond acceptors (Lipinski definition) is 4. The van der Waals surface area contributed by atoms with Crippen LogP contribution in [0.25, 0.3) is 0 Å². The second-order valence-corrected chi connectivity index (χ2v) is 5.07. The first-order valence-corrected chi connectivity index (χ1v) is 6.79. The second kappa shape index (κ2) is 6.58. The van der Waals surface area contributed by atoms with Gasteiger partial charge in [0.25, 0.3) is 0 Å². The Hall–Kier alpha value is -1.79. The van der Waals surface area contributed by atoms with Crippen molar-refractivity contribution in [3.63, 3.8) is 0 Å². The monoisotopic (exact) mass is 296 g/mol. The third kappa shape index (κ3) is 4.40. The van der Waals surface area contributed by atoms with Crippen molar-refractivity contribution in [1.82, 2.24) is 5.32 Å². The van der Waals surface area contributed by atoms with E-state index in [0.717, 1.165) is 18.5 Å². The summed E-state index contributed by atoms with van der Waals surface area (Å²) in [6.45, 7) is -0.260. The largest absolute Gasteiger partial charge is 0.381 e. The molecule has 2 amide bonds. The quantitative estimate of drug-likeness (QED) is 0.628. The van der Waals surface area contributed by atoms with Crippen molar-refractivity contribution in [3.05, 3.63) is 23.2 Å². The summed E-state index contributed by atoms with van der Waals surface area (Å²) in [6, 6.07) is 5.73. The van der Waals surface area contributed by atoms with Crippen LogP contribution in [0.1, 0.15) is 12.8 Å². The molecule has 7 heteroatoms. The van der Waals surface area contributed by atoms with Crippen LogP contribution < -0.4 is 21.7 Å². The van der Waals surface area contributed by atoms with Crippen LogP contribution in [-0.2, 0) is 9.59 Å². The van der Waals surface area contributed by atoms with E-state index in [9.17, 15) is 9.59 Å². The maximum atomic E-state index is 11.8. The van der Waals surface area contributed by atoms with Gasteiger partial charge in [-0.2, -0.15) is 0 Å². The van der Waals surface area contributed by atoms with Crippen molar-refractivity contribution in [2.75, 3.05) is 23.7 Å². The summed E-state index contributed by atoms with van der Waals surface area (Å²) in [5.41, 5.74) is 6.58. The lowest BCUT2D eigenvalue weighted by Crippen LogP contribution is -2.36. The van der Waals surface area contributed by atoms with Gasteiger partial charge in [0.05, 0.1) is 24.5 Å². The number of halogens is 1. The minimum Gasteiger partial charge on any atom is -0.381 e. The lowest BCUT2D eigenvalue weighted by atomic mass is 10.2. The topological polar surface area (TPSA) is 96.2 Å². The maximum absolute atomic E-state index is 11.8. The van der Waals surface area contributed by atoms with Crippen molar-refractivity contribution in [3.8, 4) is 0 Å². The zero-order valence-corrected chi connectivity index (χ0v) is 11.7. The van der Waals surface area contributed by atoms with Gasteiger partial charge in [-0.3, -0.25) is 9.59 Å². The smallest absolute Gasteiger partial charge is 0.243 e. The highest BCUT2D eigenvalue weighted by molar-refractivity contribution is 6.31. The number of benzene rings is 1. The average Bonchev–Trinajstić information content (AvgIpc) is 3.23. The summed E-state index contributed by atoms with van der Waals surface area (Å²) in [7, 11) is 0. The number of nitrogens with one attached hydrogen (secondary N) is 3. The number of hydrogen-bond donors (Lipinski definition) is 4. The van der Waals surface area contributed by atoms with E-state index in [1.807, 2.05) is 6.07 Å². The number of carbonyl (C=O) groups excluding carboxylic acids is 2. The molecule has 0 aromatic heterocycles. The van der Waals surface area contributed by atoms with Crippen LogP contribution >= 0.6 is 11.6 Å². The highest BCUT2D eigenvalue weighted by Gasteiger charge is 2.22. The summed E-state index contributed by atoms with van der Waals surface area (Å²) in [4.78, 5) is 22.8. The first-order chi connectivity index (χ1) is 9.58. The first kappa shape index (κ1) is 14.6. The van der Waals surface area contributed by atoms with Gasteiger partial charge in [0.2, 0.25) is 11.8 Å². The molecule has 6 nitrogen and oxygen atoms in total. The van der Waals surface area contributed by atoms with Crippen LogP contribution in [-0.4, -0.2) is 30.9 Å². The Bertz CT molecular complexity index is 517. The van der Waals surface area contributed by atoms with E-state index in [0.29, 0.717) is 16.8 Å². The Balaban J connectivity index is 1.97. The molecule has 0 atom stereocenters. The number of anilines is 2. The Morgan fingerprint density at radius 2 is 2.00 bits per heavy atom. The molecule has 0 bridgehead atoms. The van der Waals surface area contributed by atoms with Crippen LogP contribution in [0, 0.1) is 0 Å². The Morgan fingerprint density at radius 3 is 2.65 bits per heavy atom. The first-order valence-electron chi connectivity index (χ1n) is 6.41. The number of amides is 2. The Morgan fingerprint density at radius 1 is 1.25 bits per heavy atom. The Labute approximate surface area is 122 Å². The van der Waals surface area contributed by atoms with Gasteiger partial charge in [0.15, 0.2) is 0 Å². The summed E-state index contributed by atoms with van der Waals surface area (Å²) in [5, 5.41) is 8.98. The molecule has 1 fully saturated rings. The van der Waals surface area contributed by atoms with E-state index in [2.05, 4.69) is 16.0 Å². The van der Waals surface area contributed by atoms with Gasteiger partial charge in [-0.15, -0.1) is 0 Å². The van der Waals surface area contributed by atoms with Gasteiger partial charge in [-0.25, -0.2) is 0 Å². The lowest BCUT2D eigenvalue weighted by Gasteiger charge is -2.13. The van der Waals surface area contributed by atoms with E-state index < -0.39 is 0 Å². The van der Waals surface area contributed by atoms with Gasteiger partial charge in [0, 0.05) is 11.1 Å². The van der Waals surface area contributed by atoms with Crippen LogP contribution in [0.2, 0.25) is 5.02 Å². The highest BCUT2D eigenvalue weighted by Crippen LogP contribution is 2.31. The molecule has 0 saturated heterocycles. The minimum absolute atomic E-state index is 0.120. The number of carbonyl (C=O) groups is 2. The summed E-state index contributed by atoms with van der Waals surface area (Å²) >= 11 is 5.94. The van der Waals surface area contributed by atoms with E-state index >= 15 is 0 Å². The third-order valence-electron chi connectivity index (χ3n) is 2.82. The van der Waals surface area contributed by atoms with Crippen molar-refractivity contribution in [2.45, 2.75) is 18.9 Å². The molecule has 1 aliphatic carbocycles. The molecular formula is C13H17ClN4O2. The molecule has 0 heterocycles. The van der Waals surface area contributed by atoms with E-state index in [-0.39, 0.29) is 24.9 Å². The average molecular weight is 297 g/mol. The van der Waals surface area contributed by atoms with Crippen LogP contribution in [0.15, 0.2) is 18.2 Å². The fourth-order valence-electron chi connectivity index (χ4n) is 1.64. The van der Waals surface area contributed by atoms with Crippen molar-refractivity contribution in [2.24, 2.45) is 5.73 Å². The van der Waals surface area contributed by atoms with Crippen LogP contribution in [0.5, 0.6) is 0 Å². The molecule has 1 aliphatic rings. The summed E-state index contributed by atoms with van der Waals surface area (Å²) < 4.78 is 0. The van der Waals surface area contributed by atoms with Crippen molar-refractivity contribution in [1.29, 1.82) is 0 Å². The standard InChI is InChI=1S/C13H17ClN4O2/c14-8-1-4-10(17-9-2-3-9)11(5-8)18-13(20)7-16-12(19)6-15/h1,4-5,9,17H,2-3,6-7,15H2,(H,16,19)(H,18,20). The predicted octanol–water partition coefficient (Wildman–Crippen LogP) is 0.928. The molecule has 0 unspecified atom stereocenters. The maximum Gasteiger partial charge on any atom is 0.243 e. The highest BCUT2D eigenvalue weighted by atomic mass is 35.5. The van der Waals surface area contributed by atoms with Gasteiger partial charge in [-0.1, -0.05) is 11.6 Å². The molecule has 0 spiro atoms. The SMILES string of the molecule is NCC(=O)NCC(=O)Nc1cc(Cl)ccc1NC1CC1. The minimum atomic E-state index is -0.373.